The minimum absolute atomic E-state index is 0.593. The average Bonchev–Trinajstić information content (AvgIpc) is 1.47. The number of benzene rings is 20. The molecule has 12 aromatic heterocycles. The van der Waals surface area contributed by atoms with Gasteiger partial charge in [-0.2, -0.15) is 53.8 Å². The number of aryl methyl sites for hydroxylation is 2. The maximum atomic E-state index is 7.15. The van der Waals surface area contributed by atoms with Gasteiger partial charge < -0.3 is 14.2 Å². The van der Waals surface area contributed by atoms with Crippen molar-refractivity contribution in [2.24, 2.45) is 0 Å². The second-order valence-corrected chi connectivity index (χ2v) is 41.2. The van der Waals surface area contributed by atoms with Crippen LogP contribution in [0.5, 0.6) is 34.5 Å². The molecular weight excluding hydrogens is 1770 g/mol. The lowest BCUT2D eigenvalue weighted by atomic mass is 9.84. The highest BCUT2D eigenvalue weighted by molar-refractivity contribution is 6.36. The summed E-state index contributed by atoms with van der Waals surface area (Å²) in [5, 5.41) is 32.9. The van der Waals surface area contributed by atoms with E-state index in [0.717, 1.165) is 34.5 Å². The molecule has 3 atom stereocenters. The van der Waals surface area contributed by atoms with Crippen molar-refractivity contribution in [3.8, 4) is 45.8 Å². The van der Waals surface area contributed by atoms with E-state index >= 15 is 0 Å². The van der Waals surface area contributed by atoms with Crippen molar-refractivity contribution < 1.29 is 41.6 Å². The molecular formula is C129H70N12O3+6. The van der Waals surface area contributed by atoms with E-state index in [4.69, 9.17) is 14.2 Å². The monoisotopic (exact) mass is 1830 g/mol. The summed E-state index contributed by atoms with van der Waals surface area (Å²) in [6, 6.07) is 132. The molecule has 0 saturated carbocycles. The molecule has 0 radical (unpaired) electrons. The first-order chi connectivity index (χ1) is 71.4. The van der Waals surface area contributed by atoms with Crippen LogP contribution in [0.15, 0.2) is 389 Å². The van der Waals surface area contributed by atoms with E-state index in [1.165, 1.54) is 296 Å². The fourth-order valence-electron chi connectivity index (χ4n) is 30.7. The second-order valence-electron chi connectivity index (χ2n) is 41.2. The highest BCUT2D eigenvalue weighted by atomic mass is 16.5. The molecule has 0 bridgehead atoms. The van der Waals surface area contributed by atoms with Crippen molar-refractivity contribution in [1.29, 1.82) is 0 Å². The van der Waals surface area contributed by atoms with Crippen LogP contribution in [0.1, 0.15) is 44.5 Å². The Bertz CT molecular complexity index is 12200. The fraction of sp³-hybridized carbons (Fsp3) is 0.0388. The molecule has 0 N–H and O–H groups in total. The van der Waals surface area contributed by atoms with Gasteiger partial charge in [0.25, 0.3) is 16.9 Å². The summed E-state index contributed by atoms with van der Waals surface area (Å²) in [6.07, 6.45) is 11.6. The van der Waals surface area contributed by atoms with Crippen LogP contribution in [0.2, 0.25) is 0 Å². The maximum Gasteiger partial charge on any atom is 0.316 e. The van der Waals surface area contributed by atoms with Crippen molar-refractivity contribution in [2.75, 3.05) is 0 Å². The molecule has 9 aliphatic rings. The highest BCUT2D eigenvalue weighted by Gasteiger charge is 2.71. The third-order valence-electron chi connectivity index (χ3n) is 35.4. The van der Waals surface area contributed by atoms with Crippen molar-refractivity contribution in [3.63, 3.8) is 0 Å². The van der Waals surface area contributed by atoms with E-state index in [9.17, 15) is 0 Å². The summed E-state index contributed by atoms with van der Waals surface area (Å²) in [5.74, 6) is 5.57. The third-order valence-corrected chi connectivity index (χ3v) is 35.4. The summed E-state index contributed by atoms with van der Waals surface area (Å²) in [7, 11) is 0. The molecule has 3 spiro atoms. The lowest BCUT2D eigenvalue weighted by molar-refractivity contribution is -0.934. The zero-order chi connectivity index (χ0) is 92.4. The van der Waals surface area contributed by atoms with Gasteiger partial charge in [-0.15, -0.1) is 0 Å². The molecule has 15 heteroatoms. The first-order valence-electron chi connectivity index (χ1n) is 50.0. The molecule has 32 aromatic rings. The van der Waals surface area contributed by atoms with Crippen LogP contribution in [0.4, 0.5) is 0 Å². The number of imidazole rings is 6. The molecule has 0 saturated heterocycles. The summed E-state index contributed by atoms with van der Waals surface area (Å²) in [5.41, 5.74) is 32.3. The number of fused-ring (bicyclic) bond motifs is 37. The van der Waals surface area contributed by atoms with E-state index in [2.05, 4.69) is 457 Å². The standard InChI is InChI=1S/C51H30N4O.C43H22N4O.C35H18N4O/c1-27-12-11-13-28(2)42(27)39-26-52-49-44-33(31-16-7-8-19-36(31)53(39)49)22-24-40-46(44)51(52)47-41(56-40)25-23-35-43-32-17-5-3-14-29(32)30-15-4-6-18-34(30)48(43)54-37-20-9-10-21-38(37)55(51)50(54)45(35)47;1-3-12-26-23(9-1)24-10-2-4-13-28(24)40-35(26)29-18-20-34-39-37(29)42-46(40)31-15-7-8-16-32(31)47(42)43(39)38-33(48-34)19-17-27-25-11-5-6-14-30(25)44-21-22-45(43)41(44)36(27)38;1-3-9-23-19(7-1)21-13-15-27-31-29(21)33-36(23)17-18-37(33)35(31)32-28(40-27)16-14-22-20-8-2-4-10-24(20)38-25-11-5-6-12-26(25)39(35)34(38)30(22)32/h3-26H,1-2H3;1-22H;1-18H/q3*+2. The van der Waals surface area contributed by atoms with Crippen molar-refractivity contribution >= 4 is 240 Å². The van der Waals surface area contributed by atoms with Crippen LogP contribution in [-0.2, 0) is 17.0 Å². The first kappa shape index (κ1) is 72.2. The second kappa shape index (κ2) is 23.5. The predicted octanol–water partition coefficient (Wildman–Crippen LogP) is 26.6. The van der Waals surface area contributed by atoms with Crippen LogP contribution in [0.3, 0.4) is 0 Å². The number of rotatable bonds is 1. The Balaban J connectivity index is 0.0000000874. The van der Waals surface area contributed by atoms with Gasteiger partial charge >= 0.3 is 33.9 Å². The van der Waals surface area contributed by atoms with Gasteiger partial charge in [-0.25, -0.2) is 0 Å². The molecule has 15 nitrogen and oxygen atoms in total. The van der Waals surface area contributed by atoms with Gasteiger partial charge in [-0.05, 0) is 191 Å². The van der Waals surface area contributed by atoms with E-state index < -0.39 is 17.0 Å². The quantitative estimate of drug-likeness (QED) is 0.121. The Kier molecular flexibility index (Phi) is 11.8. The number of ether oxygens (including phenoxy) is 3. The third kappa shape index (κ3) is 7.30. The summed E-state index contributed by atoms with van der Waals surface area (Å²) in [6.45, 7) is 4.50. The Morgan fingerprint density at radius 3 is 0.889 bits per heavy atom. The zero-order valence-corrected chi connectivity index (χ0v) is 77.0. The van der Waals surface area contributed by atoms with Gasteiger partial charge in [-0.1, -0.05) is 224 Å². The van der Waals surface area contributed by atoms with Crippen LogP contribution in [0, 0.1) is 13.8 Å². The summed E-state index contributed by atoms with van der Waals surface area (Å²) in [4.78, 5) is 0. The Labute approximate surface area is 812 Å². The Hall–Kier alpha value is -19.1. The normalized spacial score (nSPS) is 16.9. The average molecular weight is 1840 g/mol. The lowest BCUT2D eigenvalue weighted by Gasteiger charge is -2.30. The molecule has 41 rings (SSSR count). The number of pyridine rings is 6. The van der Waals surface area contributed by atoms with Crippen LogP contribution in [-0.4, -0.2) is 26.4 Å². The number of aromatic nitrogens is 12. The molecule has 3 unspecified atom stereocenters. The van der Waals surface area contributed by atoms with Crippen LogP contribution >= 0.6 is 0 Å². The van der Waals surface area contributed by atoms with Crippen molar-refractivity contribution in [2.45, 2.75) is 30.8 Å². The Morgan fingerprint density at radius 1 is 0.208 bits per heavy atom. The first-order valence-corrected chi connectivity index (χ1v) is 50.0. The number of nitrogens with zero attached hydrogens (tertiary/aromatic N) is 12. The topological polar surface area (TPSA) is 77.4 Å². The molecule has 0 fully saturated rings. The smallest absolute Gasteiger partial charge is 0.316 e. The van der Waals surface area contributed by atoms with Crippen molar-refractivity contribution in [1.82, 2.24) is 26.4 Å². The molecule has 9 aliphatic heterocycles. The van der Waals surface area contributed by atoms with Gasteiger partial charge in [0.2, 0.25) is 0 Å². The number of para-hydroxylation sites is 10. The fourth-order valence-corrected chi connectivity index (χ4v) is 30.7. The Morgan fingerprint density at radius 2 is 0.486 bits per heavy atom. The SMILES string of the molecule is Cc1cccc(C)c1-c1c[n+]2c3c4c5c(ccc4c4ccccc4n13)Oc1ccc3c4c1C52[n+]1c2ccccc2n(c2c5ccccc5c5ccccc5c32)c41.c1ccc2c(c1)c1ccc3c4c1c1n2cc[n+]1C41c2c(ccc4c5ccccc5n5c6ccccc6[n+]1c5c24)O3.c1ccc2c(c1)c1ccccc1c1c2c2ccc3c4c2c2n1c1ccccc1[n+]2C41c2c(ccc4c5ccccc5n5cc[n+]1c5c24)O3. The molecule has 658 valence electrons. The van der Waals surface area contributed by atoms with Gasteiger partial charge in [-0.3, -0.25) is 0 Å². The molecule has 21 heterocycles. The predicted molar refractivity (Wildman–Crippen MR) is 568 cm³/mol. The molecule has 0 amide bonds. The van der Waals surface area contributed by atoms with Gasteiger partial charge in [0.05, 0.1) is 32.3 Å². The molecule has 0 aliphatic carbocycles. The van der Waals surface area contributed by atoms with Gasteiger partial charge in [0.1, 0.15) is 132 Å². The van der Waals surface area contributed by atoms with Crippen LogP contribution in [0.25, 0.3) is 251 Å². The van der Waals surface area contributed by atoms with E-state index in [-0.39, 0.29) is 0 Å². The number of hydrogen-bond acceptors (Lipinski definition) is 3. The van der Waals surface area contributed by atoms with Crippen LogP contribution < -0.4 is 41.6 Å². The minimum Gasteiger partial charge on any atom is -0.456 e. The van der Waals surface area contributed by atoms with E-state index in [0.29, 0.717) is 0 Å². The van der Waals surface area contributed by atoms with E-state index in [1.807, 2.05) is 0 Å². The summed E-state index contributed by atoms with van der Waals surface area (Å²) < 4.78 is 51.6. The number of hydrogen-bond donors (Lipinski definition) is 0. The molecule has 20 aromatic carbocycles. The lowest BCUT2D eigenvalue weighted by Crippen LogP contribution is -2.71. The highest BCUT2D eigenvalue weighted by Crippen LogP contribution is 2.65. The van der Waals surface area contributed by atoms with Crippen molar-refractivity contribution in [3.05, 3.63) is 433 Å². The maximum absolute atomic E-state index is 7.15. The minimum atomic E-state index is -0.749. The summed E-state index contributed by atoms with van der Waals surface area (Å²) >= 11 is 0. The largest absolute Gasteiger partial charge is 0.456 e. The van der Waals surface area contributed by atoms with Gasteiger partial charge in [0, 0.05) is 81.0 Å². The van der Waals surface area contributed by atoms with E-state index in [1.54, 1.807) is 0 Å². The van der Waals surface area contributed by atoms with Gasteiger partial charge in [0.15, 0.2) is 38.8 Å². The zero-order valence-electron chi connectivity index (χ0n) is 77.0. The molecule has 144 heavy (non-hydrogen) atoms.